The molecule has 0 saturated heterocycles. The van der Waals surface area contributed by atoms with E-state index in [1.165, 1.54) is 231 Å². The fourth-order valence-corrected chi connectivity index (χ4v) is 8.13. The summed E-state index contributed by atoms with van der Waals surface area (Å²) in [6.45, 7) is 11.1. The van der Waals surface area contributed by atoms with Crippen LogP contribution in [0.1, 0.15) is 296 Å². The molecule has 0 amide bonds. The van der Waals surface area contributed by atoms with Crippen LogP contribution in [0.5, 0.6) is 0 Å². The minimum absolute atomic E-state index is 0.407. The number of unbranched alkanes of at least 4 members (excludes halogenated alkanes) is 36. The smallest absolute Gasteiger partial charge is 0.0739 e. The van der Waals surface area contributed by atoms with Gasteiger partial charge in [-0.25, -0.2) is 0 Å². The Bertz CT molecular complexity index is 797. The minimum Gasteiger partial charge on any atom is -0.889 e. The minimum atomic E-state index is -1.85. The van der Waals surface area contributed by atoms with Gasteiger partial charge in [-0.15, -0.1) is 5.46 Å². The van der Waals surface area contributed by atoms with Crippen molar-refractivity contribution in [3.63, 3.8) is 0 Å². The van der Waals surface area contributed by atoms with Gasteiger partial charge in [-0.2, -0.15) is 0 Å². The Labute approximate surface area is 372 Å². The summed E-state index contributed by atoms with van der Waals surface area (Å²) in [5.41, 5.74) is 10.5. The highest BCUT2D eigenvalue weighted by molar-refractivity contribution is 6.55. The molecule has 0 radical (unpaired) electrons. The number of benzene rings is 1. The Hall–Kier alpha value is -0.875. The maximum atomic E-state index is 11.0. The zero-order valence-electron chi connectivity index (χ0n) is 41.2. The van der Waals surface area contributed by atoms with Crippen LogP contribution >= 0.6 is 0 Å². The average Bonchev–Trinajstić information content (AvgIpc) is 3.24. The highest BCUT2D eigenvalue weighted by Gasteiger charge is 2.01. The summed E-state index contributed by atoms with van der Waals surface area (Å²) in [4.78, 5) is 0. The summed E-state index contributed by atoms with van der Waals surface area (Å²) < 4.78 is 0. The quantitative estimate of drug-likeness (QED) is 0.0506. The van der Waals surface area contributed by atoms with Gasteiger partial charge in [-0.3, -0.25) is 0 Å². The van der Waals surface area contributed by atoms with E-state index in [0.717, 1.165) is 62.7 Å². The first kappa shape index (κ1) is 60.2. The summed E-state index contributed by atoms with van der Waals surface area (Å²) in [6, 6.07) is 5.72. The molecule has 4 nitrogen and oxygen atoms in total. The molecule has 1 aromatic carbocycles. The maximum absolute atomic E-state index is 11.0. The number of aryl methyl sites for hydroxylation is 2. The third-order valence-electron chi connectivity index (χ3n) is 12.2. The number of hydrogen-bond acceptors (Lipinski definition) is 2. The molecule has 0 aliphatic heterocycles. The van der Waals surface area contributed by atoms with Gasteiger partial charge in [-0.1, -0.05) is 271 Å². The van der Waals surface area contributed by atoms with Crippen molar-refractivity contribution in [3.8, 4) is 0 Å². The lowest BCUT2D eigenvalue weighted by Gasteiger charge is -2.28. The Morgan fingerprint density at radius 1 is 0.305 bits per heavy atom. The largest absolute Gasteiger partial charge is 0.889 e. The Morgan fingerprint density at radius 2 is 0.508 bits per heavy atom. The van der Waals surface area contributed by atoms with Gasteiger partial charge in [0.15, 0.2) is 0 Å². The van der Waals surface area contributed by atoms with Crippen molar-refractivity contribution in [2.75, 3.05) is 13.1 Å². The lowest BCUT2D eigenvalue weighted by molar-refractivity contribution is -0.368. The van der Waals surface area contributed by atoms with E-state index >= 15 is 0 Å². The first-order valence-electron chi connectivity index (χ1n) is 27.0. The second kappa shape index (κ2) is 53.3. The maximum Gasteiger partial charge on any atom is 0.0739 e. The molecule has 0 unspecified atom stereocenters. The molecule has 0 aromatic heterocycles. The first-order chi connectivity index (χ1) is 29.0. The number of rotatable bonds is 43. The van der Waals surface area contributed by atoms with Crippen LogP contribution in [0.3, 0.4) is 0 Å². The summed E-state index contributed by atoms with van der Waals surface area (Å²) in [5.74, 6) is 0. The molecule has 6 N–H and O–H groups in total. The number of quaternary nitrogens is 2. The van der Waals surface area contributed by atoms with E-state index in [1.54, 1.807) is 12.1 Å². The molecule has 1 rings (SSSR count). The lowest BCUT2D eigenvalue weighted by Crippen LogP contribution is -2.55. The molecule has 5 heteroatoms. The van der Waals surface area contributed by atoms with Crippen LogP contribution in [-0.4, -0.2) is 20.2 Å². The van der Waals surface area contributed by atoms with Crippen LogP contribution in [0, 0.1) is 0 Å². The van der Waals surface area contributed by atoms with Gasteiger partial charge in [-0.05, 0) is 62.5 Å². The van der Waals surface area contributed by atoms with Crippen LogP contribution in [0.25, 0.3) is 0 Å². The standard InChI is InChI=1S/2C20H43N.C14H21BO2/c2*1-2-3-4-5-6-7-8-9-10-11-12-13-14-15-16-17-18-19-20-21;1-3-5-7-12-9-13(8-6-4-2)11-14(10-12)15(16)17/h2*2-21H2,1H3;9-11H,3-8H2,1-2H3/q;;-2/p+2. The van der Waals surface area contributed by atoms with Crippen molar-refractivity contribution in [2.24, 2.45) is 0 Å². The molecule has 0 fully saturated rings. The summed E-state index contributed by atoms with van der Waals surface area (Å²) in [7, 11) is -1.85. The molecule has 1 aromatic rings. The molecule has 59 heavy (non-hydrogen) atoms. The molecule has 0 aliphatic carbocycles. The van der Waals surface area contributed by atoms with E-state index in [-0.39, 0.29) is 0 Å². The highest BCUT2D eigenvalue weighted by atomic mass is 16.4. The molecule has 0 spiro atoms. The number of hydrogen-bond donors (Lipinski definition) is 2. The van der Waals surface area contributed by atoms with Gasteiger partial charge < -0.3 is 21.5 Å². The molecule has 0 bridgehead atoms. The summed E-state index contributed by atoms with van der Waals surface area (Å²) >= 11 is 0. The van der Waals surface area contributed by atoms with Crippen LogP contribution in [0.2, 0.25) is 0 Å². The normalized spacial score (nSPS) is 11.0. The molecule has 0 atom stereocenters. The summed E-state index contributed by atoms with van der Waals surface area (Å²) in [6.07, 6.45) is 58.8. The zero-order chi connectivity index (χ0) is 43.5. The predicted octanol–water partition coefficient (Wildman–Crippen LogP) is 13.3. The Kier molecular flexibility index (Phi) is 54.4. The third-order valence-corrected chi connectivity index (χ3v) is 12.2. The Morgan fingerprint density at radius 3 is 0.695 bits per heavy atom. The molecule has 0 heterocycles. The molecule has 0 saturated carbocycles. The second-order valence-electron chi connectivity index (χ2n) is 18.3. The molecule has 0 aliphatic rings. The van der Waals surface area contributed by atoms with Crippen LogP contribution in [0.4, 0.5) is 0 Å². The van der Waals surface area contributed by atoms with Crippen molar-refractivity contribution in [2.45, 2.75) is 297 Å². The van der Waals surface area contributed by atoms with Crippen LogP contribution < -0.4 is 27.0 Å². The monoisotopic (exact) mass is 829 g/mol. The highest BCUT2D eigenvalue weighted by Crippen LogP contribution is 2.16. The van der Waals surface area contributed by atoms with Crippen molar-refractivity contribution >= 4 is 12.6 Å². The van der Waals surface area contributed by atoms with Crippen molar-refractivity contribution in [3.05, 3.63) is 29.3 Å². The van der Waals surface area contributed by atoms with Crippen molar-refractivity contribution in [1.82, 2.24) is 0 Å². The van der Waals surface area contributed by atoms with Crippen LogP contribution in [-0.2, 0) is 12.8 Å². The zero-order valence-corrected chi connectivity index (χ0v) is 41.2. The van der Waals surface area contributed by atoms with Crippen LogP contribution in [0.15, 0.2) is 18.2 Å². The van der Waals surface area contributed by atoms with Crippen molar-refractivity contribution < 1.29 is 21.5 Å². The van der Waals surface area contributed by atoms with E-state index in [0.29, 0.717) is 5.46 Å². The lowest BCUT2D eigenvalue weighted by atomic mass is 9.78. The molecular formula is C54H109BN2O2. The van der Waals surface area contributed by atoms with Gasteiger partial charge in [0.05, 0.1) is 13.1 Å². The van der Waals surface area contributed by atoms with E-state index in [9.17, 15) is 10.0 Å². The van der Waals surface area contributed by atoms with Crippen molar-refractivity contribution in [1.29, 1.82) is 0 Å². The predicted molar refractivity (Wildman–Crippen MR) is 262 cm³/mol. The van der Waals surface area contributed by atoms with E-state index in [1.807, 2.05) is 0 Å². The fourth-order valence-electron chi connectivity index (χ4n) is 8.13. The van der Waals surface area contributed by atoms with E-state index < -0.39 is 7.12 Å². The SMILES string of the molecule is CCCCCCCCCCCCCCCCCCCC[NH3+].CCCCCCCCCCCCCCCCCCCC[NH3+].CCCCc1cc(CCCC)cc(B([O-])[O-])c1. The third kappa shape index (κ3) is 49.7. The Balaban J connectivity index is 0. The molecule has 350 valence electrons. The van der Waals surface area contributed by atoms with Gasteiger partial charge in [0.1, 0.15) is 0 Å². The van der Waals surface area contributed by atoms with Gasteiger partial charge in [0.2, 0.25) is 0 Å². The first-order valence-corrected chi connectivity index (χ1v) is 27.0. The summed E-state index contributed by atoms with van der Waals surface area (Å²) in [5, 5.41) is 22.1. The van der Waals surface area contributed by atoms with Gasteiger partial charge in [0.25, 0.3) is 0 Å². The molecular weight excluding hydrogens is 719 g/mol. The topological polar surface area (TPSA) is 101 Å². The second-order valence-corrected chi connectivity index (χ2v) is 18.3. The van der Waals surface area contributed by atoms with E-state index in [2.05, 4.69) is 45.2 Å². The average molecular weight is 829 g/mol. The van der Waals surface area contributed by atoms with E-state index in [4.69, 9.17) is 0 Å². The fraction of sp³-hybridized carbons (Fsp3) is 0.889. The van der Waals surface area contributed by atoms with Gasteiger partial charge in [0, 0.05) is 0 Å². The van der Waals surface area contributed by atoms with Gasteiger partial charge >= 0.3 is 0 Å².